The van der Waals surface area contributed by atoms with Crippen LogP contribution in [0.5, 0.6) is 0 Å². The van der Waals surface area contributed by atoms with Crippen LogP contribution in [0.4, 0.5) is 16.0 Å². The van der Waals surface area contributed by atoms with E-state index in [1.807, 2.05) is 35.8 Å². The van der Waals surface area contributed by atoms with Gasteiger partial charge in [0, 0.05) is 12.3 Å². The number of nitrogens with two attached hydrogens (primary N) is 1. The lowest BCUT2D eigenvalue weighted by Crippen LogP contribution is -2.16. The van der Waals surface area contributed by atoms with Crippen LogP contribution in [0.2, 0.25) is 0 Å². The van der Waals surface area contributed by atoms with Crippen molar-refractivity contribution in [3.63, 3.8) is 0 Å². The molecule has 0 fully saturated rings. The molecule has 0 saturated carbocycles. The Bertz CT molecular complexity index is 1200. The number of anilines is 2. The summed E-state index contributed by atoms with van der Waals surface area (Å²) in [5.41, 5.74) is 7.12. The van der Waals surface area contributed by atoms with Crippen molar-refractivity contribution in [2.45, 2.75) is 13.0 Å². The van der Waals surface area contributed by atoms with Gasteiger partial charge in [-0.2, -0.15) is 5.26 Å². The molecule has 138 valence electrons. The number of imidazole rings is 1. The molecule has 1 atom stereocenters. The molecule has 0 amide bonds. The van der Waals surface area contributed by atoms with E-state index in [1.165, 1.54) is 18.5 Å². The Morgan fingerprint density at radius 3 is 2.82 bits per heavy atom. The van der Waals surface area contributed by atoms with Gasteiger partial charge in [-0.05, 0) is 31.2 Å². The zero-order valence-corrected chi connectivity index (χ0v) is 14.8. The summed E-state index contributed by atoms with van der Waals surface area (Å²) in [6.07, 6.45) is 2.95. The first kappa shape index (κ1) is 17.4. The number of hydrogen-bond acceptors (Lipinski definition) is 7. The van der Waals surface area contributed by atoms with Gasteiger partial charge < -0.3 is 11.1 Å². The average Bonchev–Trinajstić information content (AvgIpc) is 3.07. The largest absolute Gasteiger partial charge is 0.382 e. The van der Waals surface area contributed by atoms with Gasteiger partial charge in [-0.3, -0.25) is 4.57 Å². The maximum absolute atomic E-state index is 13.7. The van der Waals surface area contributed by atoms with Gasteiger partial charge in [0.05, 0.1) is 17.1 Å². The van der Waals surface area contributed by atoms with Gasteiger partial charge in [0.2, 0.25) is 0 Å². The minimum atomic E-state index is -0.390. The minimum Gasteiger partial charge on any atom is -0.382 e. The van der Waals surface area contributed by atoms with Crippen LogP contribution in [0.25, 0.3) is 16.9 Å². The lowest BCUT2D eigenvalue weighted by Gasteiger charge is -2.17. The van der Waals surface area contributed by atoms with Crippen molar-refractivity contribution in [1.29, 1.82) is 5.26 Å². The lowest BCUT2D eigenvalue weighted by atomic mass is 10.2. The van der Waals surface area contributed by atoms with Gasteiger partial charge in [-0.25, -0.2) is 24.3 Å². The first-order chi connectivity index (χ1) is 13.6. The zero-order valence-electron chi connectivity index (χ0n) is 14.8. The zero-order chi connectivity index (χ0) is 19.7. The number of rotatable bonds is 4. The van der Waals surface area contributed by atoms with Crippen LogP contribution < -0.4 is 11.1 Å². The minimum absolute atomic E-state index is 0.0903. The maximum atomic E-state index is 13.7. The molecule has 0 aliphatic rings. The summed E-state index contributed by atoms with van der Waals surface area (Å²) in [5.74, 6) is 1.24. The van der Waals surface area contributed by atoms with Crippen molar-refractivity contribution < 1.29 is 4.39 Å². The Labute approximate surface area is 159 Å². The molecule has 0 aliphatic carbocycles. The number of hydrogen-bond donors (Lipinski definition) is 2. The van der Waals surface area contributed by atoms with Gasteiger partial charge >= 0.3 is 0 Å². The predicted octanol–water partition coefficient (Wildman–Crippen LogP) is 2.98. The maximum Gasteiger partial charge on any atom is 0.150 e. The molecule has 0 spiro atoms. The number of pyridine rings is 1. The highest BCUT2D eigenvalue weighted by Gasteiger charge is 2.21. The number of nitrogen functional groups attached to an aromatic ring is 1. The van der Waals surface area contributed by atoms with Gasteiger partial charge in [0.25, 0.3) is 0 Å². The van der Waals surface area contributed by atoms with E-state index in [0.717, 1.165) is 0 Å². The van der Waals surface area contributed by atoms with E-state index in [1.54, 1.807) is 12.3 Å². The second-order valence-corrected chi connectivity index (χ2v) is 6.09. The molecule has 1 aromatic carbocycles. The molecule has 4 rings (SSSR count). The number of nitrogens with zero attached hydrogens (tertiary/aromatic N) is 6. The SMILES string of the molecule is C[C@@H](Nc1ncnc(N)c1C#N)c1nc2cc(F)ccc2n1-c1ccccn1. The Balaban J connectivity index is 1.84. The van der Waals surface area contributed by atoms with Crippen molar-refractivity contribution in [3.05, 3.63) is 66.1 Å². The summed E-state index contributed by atoms with van der Waals surface area (Å²) in [6, 6.07) is 11.5. The van der Waals surface area contributed by atoms with E-state index in [2.05, 4.69) is 25.3 Å². The Morgan fingerprint density at radius 2 is 2.07 bits per heavy atom. The number of halogens is 1. The molecule has 0 unspecified atom stereocenters. The topological polar surface area (TPSA) is 118 Å². The van der Waals surface area contributed by atoms with Crippen LogP contribution in [0.15, 0.2) is 48.9 Å². The highest BCUT2D eigenvalue weighted by Crippen LogP contribution is 2.28. The number of benzene rings is 1. The quantitative estimate of drug-likeness (QED) is 0.564. The van der Waals surface area contributed by atoms with Gasteiger partial charge in [-0.1, -0.05) is 6.07 Å². The van der Waals surface area contributed by atoms with Crippen LogP contribution >= 0.6 is 0 Å². The van der Waals surface area contributed by atoms with Crippen LogP contribution in [0.1, 0.15) is 24.4 Å². The number of nitriles is 1. The van der Waals surface area contributed by atoms with Crippen LogP contribution in [0, 0.1) is 17.1 Å². The first-order valence-corrected chi connectivity index (χ1v) is 8.45. The fourth-order valence-corrected chi connectivity index (χ4v) is 2.98. The van der Waals surface area contributed by atoms with Crippen molar-refractivity contribution >= 4 is 22.7 Å². The molecule has 3 heterocycles. The van der Waals surface area contributed by atoms with E-state index in [-0.39, 0.29) is 23.2 Å². The summed E-state index contributed by atoms with van der Waals surface area (Å²) in [4.78, 5) is 16.9. The summed E-state index contributed by atoms with van der Waals surface area (Å²) < 4.78 is 15.6. The van der Waals surface area contributed by atoms with E-state index in [0.29, 0.717) is 28.5 Å². The van der Waals surface area contributed by atoms with Crippen LogP contribution in [-0.2, 0) is 0 Å². The standard InChI is InChI=1S/C19H15FN8/c1-11(26-18-13(9-21)17(22)24-10-25-18)19-27-14-8-12(20)5-6-15(14)28(19)16-4-2-3-7-23-16/h2-8,10-11H,1H3,(H3,22,24,25,26)/t11-/m1/s1. The number of nitrogens with one attached hydrogen (secondary N) is 1. The molecule has 0 aliphatic heterocycles. The molecular formula is C19H15FN8. The third kappa shape index (κ3) is 2.97. The fourth-order valence-electron chi connectivity index (χ4n) is 2.98. The van der Waals surface area contributed by atoms with Crippen molar-refractivity contribution in [2.24, 2.45) is 0 Å². The molecule has 4 aromatic rings. The van der Waals surface area contributed by atoms with Gasteiger partial charge in [0.1, 0.15) is 47.1 Å². The van der Waals surface area contributed by atoms with Gasteiger partial charge in [0.15, 0.2) is 0 Å². The van der Waals surface area contributed by atoms with Crippen molar-refractivity contribution in [3.8, 4) is 11.9 Å². The second kappa shape index (κ2) is 6.92. The molecule has 28 heavy (non-hydrogen) atoms. The molecule has 0 bridgehead atoms. The molecule has 8 nitrogen and oxygen atoms in total. The summed E-state index contributed by atoms with van der Waals surface area (Å²) in [6.45, 7) is 1.86. The average molecular weight is 374 g/mol. The third-order valence-corrected chi connectivity index (χ3v) is 4.25. The van der Waals surface area contributed by atoms with Crippen LogP contribution in [-0.4, -0.2) is 24.5 Å². The fraction of sp³-hybridized carbons (Fsp3) is 0.105. The smallest absolute Gasteiger partial charge is 0.150 e. The van der Waals surface area contributed by atoms with E-state index < -0.39 is 0 Å². The van der Waals surface area contributed by atoms with E-state index >= 15 is 0 Å². The molecule has 3 aromatic heterocycles. The molecular weight excluding hydrogens is 359 g/mol. The second-order valence-electron chi connectivity index (χ2n) is 6.09. The first-order valence-electron chi connectivity index (χ1n) is 8.45. The van der Waals surface area contributed by atoms with E-state index in [9.17, 15) is 9.65 Å². The van der Waals surface area contributed by atoms with Crippen LogP contribution in [0.3, 0.4) is 0 Å². The Hall–Kier alpha value is -4.06. The van der Waals surface area contributed by atoms with Crippen molar-refractivity contribution in [2.75, 3.05) is 11.1 Å². The highest BCUT2D eigenvalue weighted by molar-refractivity contribution is 5.78. The molecule has 9 heteroatoms. The highest BCUT2D eigenvalue weighted by atomic mass is 19.1. The monoisotopic (exact) mass is 374 g/mol. The molecule has 0 saturated heterocycles. The van der Waals surface area contributed by atoms with E-state index in [4.69, 9.17) is 5.73 Å². The predicted molar refractivity (Wildman–Crippen MR) is 102 cm³/mol. The molecule has 3 N–H and O–H groups in total. The van der Waals surface area contributed by atoms with Gasteiger partial charge in [-0.15, -0.1) is 0 Å². The summed E-state index contributed by atoms with van der Waals surface area (Å²) >= 11 is 0. The summed E-state index contributed by atoms with van der Waals surface area (Å²) in [5, 5.41) is 12.5. The third-order valence-electron chi connectivity index (χ3n) is 4.25. The Morgan fingerprint density at radius 1 is 1.21 bits per heavy atom. The molecule has 0 radical (unpaired) electrons. The summed E-state index contributed by atoms with van der Waals surface area (Å²) in [7, 11) is 0. The normalized spacial score (nSPS) is 11.9. The number of fused-ring (bicyclic) bond motifs is 1. The lowest BCUT2D eigenvalue weighted by molar-refractivity contribution is 0.629. The number of aromatic nitrogens is 5. The van der Waals surface area contributed by atoms with Crippen molar-refractivity contribution in [1.82, 2.24) is 24.5 Å². The Kier molecular flexibility index (Phi) is 4.29.